The average Bonchev–Trinajstić information content (AvgIpc) is 2.78. The van der Waals surface area contributed by atoms with E-state index < -0.39 is 18.2 Å². The van der Waals surface area contributed by atoms with Gasteiger partial charge in [-0.05, 0) is 18.2 Å². The highest BCUT2D eigenvalue weighted by atomic mass is 19.4. The largest absolute Gasteiger partial charge is 0.493 e. The number of carbonyl (C=O) groups is 2. The van der Waals surface area contributed by atoms with Gasteiger partial charge in [0.05, 0.1) is 5.69 Å². The number of rotatable bonds is 1. The Morgan fingerprint density at radius 3 is 2.62 bits per heavy atom. The van der Waals surface area contributed by atoms with Gasteiger partial charge < -0.3 is 14.7 Å². The molecule has 0 aliphatic heterocycles. The van der Waals surface area contributed by atoms with E-state index in [1.165, 1.54) is 5.48 Å². The lowest BCUT2D eigenvalue weighted by atomic mass is 10.2. The minimum Gasteiger partial charge on any atom is -0.350 e. The standard InChI is InChI=1S/C12H10F3N3O3/c1-18-6-5-7-8(3-2-4-9(7)18)16-11(20)17-21-10(19)12(13,14)15/h2-6H,1H3,(H2,16,17,20). The van der Waals surface area contributed by atoms with Crippen molar-refractivity contribution in [2.45, 2.75) is 6.18 Å². The summed E-state index contributed by atoms with van der Waals surface area (Å²) < 4.78 is 37.5. The van der Waals surface area contributed by atoms with E-state index >= 15 is 0 Å². The molecule has 0 unspecified atom stereocenters. The number of aryl methyl sites for hydroxylation is 1. The van der Waals surface area contributed by atoms with Crippen LogP contribution in [0.5, 0.6) is 0 Å². The molecule has 2 N–H and O–H groups in total. The van der Waals surface area contributed by atoms with Crippen molar-refractivity contribution in [2.24, 2.45) is 7.05 Å². The topological polar surface area (TPSA) is 72.4 Å². The number of halogens is 3. The van der Waals surface area contributed by atoms with Crippen LogP contribution in [0.4, 0.5) is 23.7 Å². The van der Waals surface area contributed by atoms with Crippen LogP contribution >= 0.6 is 0 Å². The van der Waals surface area contributed by atoms with Gasteiger partial charge in [0.2, 0.25) is 0 Å². The lowest BCUT2D eigenvalue weighted by Crippen LogP contribution is -2.36. The molecule has 2 amide bonds. The number of carbonyl (C=O) groups excluding carboxylic acids is 2. The van der Waals surface area contributed by atoms with Crippen molar-refractivity contribution in [3.63, 3.8) is 0 Å². The molecular weight excluding hydrogens is 291 g/mol. The number of nitrogens with one attached hydrogen (secondary N) is 2. The zero-order valence-electron chi connectivity index (χ0n) is 10.7. The third-order valence-electron chi connectivity index (χ3n) is 2.64. The van der Waals surface area contributed by atoms with Gasteiger partial charge in [0.25, 0.3) is 0 Å². The molecule has 0 spiro atoms. The number of alkyl halides is 3. The number of aromatic nitrogens is 1. The summed E-state index contributed by atoms with van der Waals surface area (Å²) in [6, 6.07) is 5.67. The molecule has 6 nitrogen and oxygen atoms in total. The zero-order valence-corrected chi connectivity index (χ0v) is 10.7. The molecule has 21 heavy (non-hydrogen) atoms. The van der Waals surface area contributed by atoms with Gasteiger partial charge in [-0.25, -0.2) is 9.59 Å². The Kier molecular flexibility index (Phi) is 3.74. The first kappa shape index (κ1) is 14.7. The summed E-state index contributed by atoms with van der Waals surface area (Å²) in [6.45, 7) is 0. The molecule has 0 atom stereocenters. The fourth-order valence-corrected chi connectivity index (χ4v) is 1.71. The summed E-state index contributed by atoms with van der Waals surface area (Å²) in [5.74, 6) is -2.50. The molecule has 2 rings (SSSR count). The highest BCUT2D eigenvalue weighted by molar-refractivity contribution is 6.00. The van der Waals surface area contributed by atoms with E-state index in [0.29, 0.717) is 11.1 Å². The van der Waals surface area contributed by atoms with Crippen molar-refractivity contribution in [3.8, 4) is 0 Å². The number of anilines is 1. The van der Waals surface area contributed by atoms with E-state index in [0.717, 1.165) is 5.52 Å². The monoisotopic (exact) mass is 301 g/mol. The Morgan fingerprint density at radius 2 is 1.95 bits per heavy atom. The molecule has 0 saturated heterocycles. The highest BCUT2D eigenvalue weighted by Crippen LogP contribution is 2.23. The van der Waals surface area contributed by atoms with Crippen LogP contribution < -0.4 is 10.8 Å². The van der Waals surface area contributed by atoms with Crippen LogP contribution in [-0.4, -0.2) is 22.7 Å². The Morgan fingerprint density at radius 1 is 1.24 bits per heavy atom. The van der Waals surface area contributed by atoms with Crippen LogP contribution in [0.25, 0.3) is 10.9 Å². The quantitative estimate of drug-likeness (QED) is 0.794. The summed E-state index contributed by atoms with van der Waals surface area (Å²) in [5.41, 5.74) is 2.57. The summed E-state index contributed by atoms with van der Waals surface area (Å²) >= 11 is 0. The number of fused-ring (bicyclic) bond motifs is 1. The van der Waals surface area contributed by atoms with Gasteiger partial charge in [-0.1, -0.05) is 6.07 Å². The SMILES string of the molecule is Cn1ccc2c(NC(=O)NOC(=O)C(F)(F)F)cccc21. The van der Waals surface area contributed by atoms with Gasteiger partial charge in [0.1, 0.15) is 0 Å². The maximum atomic E-state index is 11.9. The molecule has 1 aromatic carbocycles. The third-order valence-corrected chi connectivity index (χ3v) is 2.64. The van der Waals surface area contributed by atoms with Crippen molar-refractivity contribution >= 4 is 28.6 Å². The van der Waals surface area contributed by atoms with Crippen molar-refractivity contribution in [2.75, 3.05) is 5.32 Å². The number of amides is 2. The molecule has 9 heteroatoms. The first-order chi connectivity index (χ1) is 9.79. The molecule has 2 aromatic rings. The number of nitrogens with zero attached hydrogens (tertiary/aromatic N) is 1. The van der Waals surface area contributed by atoms with E-state index in [-0.39, 0.29) is 0 Å². The first-order valence-electron chi connectivity index (χ1n) is 5.68. The van der Waals surface area contributed by atoms with Crippen LogP contribution in [0.1, 0.15) is 0 Å². The molecule has 1 heterocycles. The molecule has 0 radical (unpaired) electrons. The first-order valence-corrected chi connectivity index (χ1v) is 5.68. The third kappa shape index (κ3) is 3.25. The van der Waals surface area contributed by atoms with Gasteiger partial charge in [0, 0.05) is 24.1 Å². The summed E-state index contributed by atoms with van der Waals surface area (Å²) in [6.07, 6.45) is -3.41. The van der Waals surface area contributed by atoms with Crippen molar-refractivity contribution in [1.29, 1.82) is 0 Å². The van der Waals surface area contributed by atoms with Gasteiger partial charge in [-0.15, -0.1) is 0 Å². The normalized spacial score (nSPS) is 11.2. The number of hydrogen-bond acceptors (Lipinski definition) is 3. The minimum atomic E-state index is -5.17. The maximum absolute atomic E-state index is 11.9. The number of benzene rings is 1. The molecule has 112 valence electrons. The molecule has 0 aliphatic rings. The van der Waals surface area contributed by atoms with E-state index in [2.05, 4.69) is 10.2 Å². The number of hydrogen-bond donors (Lipinski definition) is 2. The van der Waals surface area contributed by atoms with Gasteiger partial charge in [0.15, 0.2) is 0 Å². The van der Waals surface area contributed by atoms with E-state index in [4.69, 9.17) is 0 Å². The fraction of sp³-hybridized carbons (Fsp3) is 0.167. The number of hydroxylamine groups is 1. The Bertz CT molecular complexity index is 694. The van der Waals surface area contributed by atoms with Crippen LogP contribution in [0.15, 0.2) is 30.5 Å². The Hall–Kier alpha value is -2.71. The summed E-state index contributed by atoms with van der Waals surface area (Å²) in [7, 11) is 1.80. The van der Waals surface area contributed by atoms with E-state index in [1.807, 2.05) is 10.6 Å². The van der Waals surface area contributed by atoms with Gasteiger partial charge in [-0.3, -0.25) is 0 Å². The molecule has 0 saturated carbocycles. The molecule has 0 fully saturated rings. The smallest absolute Gasteiger partial charge is 0.350 e. The van der Waals surface area contributed by atoms with Crippen LogP contribution in [0.3, 0.4) is 0 Å². The second-order valence-electron chi connectivity index (χ2n) is 4.11. The fourth-order valence-electron chi connectivity index (χ4n) is 1.71. The zero-order chi connectivity index (χ0) is 15.6. The molecular formula is C12H10F3N3O3. The number of urea groups is 1. The molecule has 0 bridgehead atoms. The molecule has 1 aromatic heterocycles. The average molecular weight is 301 g/mol. The van der Waals surface area contributed by atoms with Crippen molar-refractivity contribution in [3.05, 3.63) is 30.5 Å². The lowest BCUT2D eigenvalue weighted by Gasteiger charge is -2.09. The van der Waals surface area contributed by atoms with Gasteiger partial charge >= 0.3 is 18.2 Å². The van der Waals surface area contributed by atoms with Crippen LogP contribution in [0, 0.1) is 0 Å². The predicted molar refractivity (Wildman–Crippen MR) is 67.2 cm³/mol. The Balaban J connectivity index is 2.04. The van der Waals surface area contributed by atoms with Gasteiger partial charge in [-0.2, -0.15) is 18.7 Å². The minimum absolute atomic E-state index is 0.369. The van der Waals surface area contributed by atoms with Crippen LogP contribution in [-0.2, 0) is 16.7 Å². The maximum Gasteiger partial charge on any atom is 0.493 e. The van der Waals surface area contributed by atoms with Crippen molar-refractivity contribution in [1.82, 2.24) is 10.0 Å². The lowest BCUT2D eigenvalue weighted by molar-refractivity contribution is -0.204. The predicted octanol–water partition coefficient (Wildman–Crippen LogP) is 2.32. The highest BCUT2D eigenvalue weighted by Gasteiger charge is 2.42. The Labute approximate surface area is 116 Å². The van der Waals surface area contributed by atoms with E-state index in [9.17, 15) is 22.8 Å². The van der Waals surface area contributed by atoms with Crippen LogP contribution in [0.2, 0.25) is 0 Å². The van der Waals surface area contributed by atoms with E-state index in [1.54, 1.807) is 31.4 Å². The second-order valence-corrected chi connectivity index (χ2v) is 4.11. The summed E-state index contributed by atoms with van der Waals surface area (Å²) in [5, 5.41) is 2.99. The second kappa shape index (κ2) is 5.35. The molecule has 0 aliphatic carbocycles. The van der Waals surface area contributed by atoms with Crippen molar-refractivity contribution < 1.29 is 27.6 Å². The summed E-state index contributed by atoms with van der Waals surface area (Å²) in [4.78, 5) is 25.5.